The maximum atomic E-state index is 15.6. The summed E-state index contributed by atoms with van der Waals surface area (Å²) >= 11 is 0. The Morgan fingerprint density at radius 1 is 0.328 bits per heavy atom. The Balaban J connectivity index is 1.79. The number of hydrogen-bond donors (Lipinski definition) is 0. The second-order valence-electron chi connectivity index (χ2n) is 12.3. The van der Waals surface area contributed by atoms with Crippen LogP contribution in [0.4, 0.5) is 119 Å². The van der Waals surface area contributed by atoms with Gasteiger partial charge < -0.3 is 4.74 Å². The number of halogens is 27. The van der Waals surface area contributed by atoms with Crippen molar-refractivity contribution in [1.82, 2.24) is 9.97 Å². The van der Waals surface area contributed by atoms with Gasteiger partial charge in [-0.25, -0.2) is 79.0 Å². The maximum absolute atomic E-state index is 15.6. The van der Waals surface area contributed by atoms with E-state index in [2.05, 4.69) is 14.7 Å². The summed E-state index contributed by atoms with van der Waals surface area (Å²) in [5.41, 5.74) is -20.4. The molecule has 0 radical (unpaired) electrons. The molecule has 64 heavy (non-hydrogen) atoms. The van der Waals surface area contributed by atoms with E-state index >= 15 is 35.1 Å². The molecule has 3 nitrogen and oxygen atoms in total. The lowest BCUT2D eigenvalue weighted by molar-refractivity contribution is -0.397. The van der Waals surface area contributed by atoms with E-state index in [9.17, 15) is 83.4 Å². The number of rotatable bonds is 10. The van der Waals surface area contributed by atoms with Crippen LogP contribution < -0.4 is 4.74 Å². The molecular formula is C34H5F27N2O. The van der Waals surface area contributed by atoms with E-state index in [1.165, 1.54) is 0 Å². The molecule has 1 heterocycles. The molecule has 346 valence electrons. The van der Waals surface area contributed by atoms with E-state index in [0.29, 0.717) is 0 Å². The van der Waals surface area contributed by atoms with Gasteiger partial charge >= 0.3 is 30.0 Å². The molecule has 0 fully saturated rings. The van der Waals surface area contributed by atoms with Gasteiger partial charge in [-0.1, -0.05) is 0 Å². The van der Waals surface area contributed by atoms with Crippen molar-refractivity contribution in [2.24, 2.45) is 0 Å². The van der Waals surface area contributed by atoms with Gasteiger partial charge in [0, 0.05) is 0 Å². The number of ether oxygens (including phenoxy) is 1. The predicted octanol–water partition coefficient (Wildman–Crippen LogP) is 12.9. The molecule has 0 atom stereocenters. The first kappa shape index (κ1) is 48.9. The van der Waals surface area contributed by atoms with Crippen LogP contribution in [0, 0.1) is 105 Å². The Morgan fingerprint density at radius 2 is 0.562 bits per heavy atom. The molecule has 0 aliphatic carbocycles. The normalized spacial score (nSPS) is 12.7. The summed E-state index contributed by atoms with van der Waals surface area (Å²) in [6.07, 6.45) is -10.4. The van der Waals surface area contributed by atoms with Crippen LogP contribution in [-0.2, 0) is 0 Å². The molecule has 0 unspecified atom stereocenters. The Labute approximate surface area is 332 Å². The van der Waals surface area contributed by atoms with Crippen LogP contribution in [0.3, 0.4) is 0 Å². The summed E-state index contributed by atoms with van der Waals surface area (Å²) in [6, 6.07) is -2.72. The molecule has 30 heteroatoms. The van der Waals surface area contributed by atoms with Crippen molar-refractivity contribution in [1.29, 1.82) is 0 Å². The van der Waals surface area contributed by atoms with Crippen molar-refractivity contribution in [2.45, 2.75) is 30.4 Å². The molecule has 0 saturated heterocycles. The lowest BCUT2D eigenvalue weighted by atomic mass is 9.96. The Kier molecular flexibility index (Phi) is 12.3. The van der Waals surface area contributed by atoms with Crippen LogP contribution in [0.2, 0.25) is 0 Å². The average Bonchev–Trinajstić information content (AvgIpc) is 3.21. The standard InChI is InChI=1S/C34H5F27N2O/c35-12-6(13(36)17(40)8(16(12)39)10-20(43)24(47)28(51)25(48)21(10)44)4-3-5(63-30(62-4)64-2-1-31(53,54)32(55,56)33(57,58)34(59,60)61)7-14(37)18(41)9(19(42)15(7)38)11-22(45)26(49)29(52)27(50)23(11)46/h3H,1-2H2. The molecule has 0 spiro atoms. The van der Waals surface area contributed by atoms with Gasteiger partial charge in [0.1, 0.15) is 0 Å². The Hall–Kier alpha value is -6.13. The summed E-state index contributed by atoms with van der Waals surface area (Å²) < 4.78 is 388. The minimum Gasteiger partial charge on any atom is -0.463 e. The van der Waals surface area contributed by atoms with Gasteiger partial charge in [0.2, 0.25) is 11.6 Å². The van der Waals surface area contributed by atoms with Crippen molar-refractivity contribution in [2.75, 3.05) is 6.61 Å². The SMILES string of the molecule is Fc1c(F)c(F)c(-c2c(F)c(F)c(-c3cc(-c4c(F)c(F)c(-c5c(F)c(F)c(F)c(F)c5F)c(F)c4F)nc(OCCC(F)(F)C(F)(F)C(F)(F)C(F)(F)F)n3)c(F)c2F)c(F)c1F. The topological polar surface area (TPSA) is 35.0 Å². The van der Waals surface area contributed by atoms with E-state index < -0.39 is 199 Å². The zero-order valence-corrected chi connectivity index (χ0v) is 29.0. The summed E-state index contributed by atoms with van der Waals surface area (Å²) in [6.45, 7) is -2.45. The fraction of sp³-hybridized carbons (Fsp3) is 0.176. The van der Waals surface area contributed by atoms with E-state index in [-0.39, 0.29) is 0 Å². The van der Waals surface area contributed by atoms with Gasteiger partial charge in [0.25, 0.3) is 0 Å². The van der Waals surface area contributed by atoms with Crippen LogP contribution in [0.25, 0.3) is 44.8 Å². The number of benzene rings is 4. The van der Waals surface area contributed by atoms with Gasteiger partial charge in [0.15, 0.2) is 93.1 Å². The van der Waals surface area contributed by atoms with Crippen LogP contribution in [0.5, 0.6) is 6.01 Å². The quantitative estimate of drug-likeness (QED) is 0.0795. The fourth-order valence-electron chi connectivity index (χ4n) is 5.38. The summed E-state index contributed by atoms with van der Waals surface area (Å²) in [5, 5.41) is 0. The zero-order valence-electron chi connectivity index (χ0n) is 29.0. The number of nitrogens with zero attached hydrogens (tertiary/aromatic N) is 2. The molecule has 0 N–H and O–H groups in total. The molecule has 1 aromatic heterocycles. The van der Waals surface area contributed by atoms with E-state index in [1.807, 2.05) is 0 Å². The van der Waals surface area contributed by atoms with Gasteiger partial charge in [-0.2, -0.15) is 49.5 Å². The third kappa shape index (κ3) is 7.29. The second kappa shape index (κ2) is 16.1. The van der Waals surface area contributed by atoms with E-state index in [4.69, 9.17) is 0 Å². The first-order valence-corrected chi connectivity index (χ1v) is 15.7. The van der Waals surface area contributed by atoms with Crippen LogP contribution >= 0.6 is 0 Å². The summed E-state index contributed by atoms with van der Waals surface area (Å²) in [4.78, 5) is 5.65. The smallest absolute Gasteiger partial charge is 0.460 e. The number of alkyl halides is 9. The van der Waals surface area contributed by atoms with Crippen molar-refractivity contribution in [3.8, 4) is 50.8 Å². The minimum absolute atomic E-state index is 0.504. The highest BCUT2D eigenvalue weighted by atomic mass is 19.4. The monoisotopic (exact) mass is 970 g/mol. The highest BCUT2D eigenvalue weighted by molar-refractivity contribution is 5.77. The van der Waals surface area contributed by atoms with Crippen LogP contribution in [-0.4, -0.2) is 40.5 Å². The highest BCUT2D eigenvalue weighted by Gasteiger charge is 2.81. The Morgan fingerprint density at radius 3 is 0.828 bits per heavy atom. The van der Waals surface area contributed by atoms with Crippen molar-refractivity contribution >= 4 is 0 Å². The van der Waals surface area contributed by atoms with E-state index in [1.54, 1.807) is 0 Å². The molecule has 0 saturated carbocycles. The Bertz CT molecular complexity index is 2490. The largest absolute Gasteiger partial charge is 0.463 e. The molecule has 5 aromatic rings. The van der Waals surface area contributed by atoms with Gasteiger partial charge in [-0.05, 0) is 6.07 Å². The second-order valence-corrected chi connectivity index (χ2v) is 12.3. The van der Waals surface area contributed by atoms with Gasteiger partial charge in [0.05, 0.1) is 57.8 Å². The molecule has 0 amide bonds. The van der Waals surface area contributed by atoms with Crippen LogP contribution in [0.15, 0.2) is 6.07 Å². The predicted molar refractivity (Wildman–Crippen MR) is 154 cm³/mol. The van der Waals surface area contributed by atoms with Crippen LogP contribution in [0.1, 0.15) is 6.42 Å². The summed E-state index contributed by atoms with van der Waals surface area (Å²) in [5.74, 6) is -77.3. The fourth-order valence-corrected chi connectivity index (χ4v) is 5.38. The first-order valence-electron chi connectivity index (χ1n) is 15.7. The van der Waals surface area contributed by atoms with Crippen molar-refractivity contribution in [3.05, 3.63) is 111 Å². The van der Waals surface area contributed by atoms with Crippen molar-refractivity contribution < 1.29 is 123 Å². The highest BCUT2D eigenvalue weighted by Crippen LogP contribution is 2.54. The zero-order chi connectivity index (χ0) is 48.8. The third-order valence-electron chi connectivity index (χ3n) is 8.52. The molecule has 0 bridgehead atoms. The molecule has 0 aliphatic heterocycles. The molecule has 0 aliphatic rings. The third-order valence-corrected chi connectivity index (χ3v) is 8.52. The average molecular weight is 970 g/mol. The van der Waals surface area contributed by atoms with Gasteiger partial charge in [-0.3, -0.25) is 0 Å². The minimum atomic E-state index is -7.54. The van der Waals surface area contributed by atoms with E-state index in [0.717, 1.165) is 0 Å². The lowest BCUT2D eigenvalue weighted by Gasteiger charge is -2.33. The summed E-state index contributed by atoms with van der Waals surface area (Å²) in [7, 11) is 0. The molecule has 4 aromatic carbocycles. The number of hydrogen-bond acceptors (Lipinski definition) is 3. The maximum Gasteiger partial charge on any atom is 0.460 e. The lowest BCUT2D eigenvalue weighted by Crippen LogP contribution is -2.61. The molecular weight excluding hydrogens is 965 g/mol. The van der Waals surface area contributed by atoms with Crippen molar-refractivity contribution in [3.63, 3.8) is 0 Å². The first-order chi connectivity index (χ1) is 29.2. The molecule has 5 rings (SSSR count). The number of aromatic nitrogens is 2. The van der Waals surface area contributed by atoms with Gasteiger partial charge in [-0.15, -0.1) is 0 Å².